The minimum atomic E-state index is -0.690. The number of carboxylic acids is 1. The zero-order valence-electron chi connectivity index (χ0n) is 9.89. The van der Waals surface area contributed by atoms with Crippen molar-refractivity contribution in [1.29, 1.82) is 0 Å². The van der Waals surface area contributed by atoms with E-state index in [1.165, 1.54) is 9.75 Å². The van der Waals surface area contributed by atoms with Crippen LogP contribution in [0.5, 0.6) is 0 Å². The number of thioether (sulfide) groups is 1. The smallest absolute Gasteiger partial charge is 0.304 e. The van der Waals surface area contributed by atoms with Crippen LogP contribution in [0.15, 0.2) is 12.1 Å². The molecule has 1 N–H and O–H groups in total. The number of carbonyl (C=O) groups is 1. The molecule has 2 heterocycles. The summed E-state index contributed by atoms with van der Waals surface area (Å²) in [5, 5.41) is 8.92. The molecular formula is C12H17NO2S2. The second kappa shape index (κ2) is 5.89. The highest BCUT2D eigenvalue weighted by atomic mass is 32.2. The van der Waals surface area contributed by atoms with Gasteiger partial charge in [-0.2, -0.15) is 11.8 Å². The van der Waals surface area contributed by atoms with E-state index >= 15 is 0 Å². The summed E-state index contributed by atoms with van der Waals surface area (Å²) in [5.74, 6) is 1.36. The summed E-state index contributed by atoms with van der Waals surface area (Å²) in [6.45, 7) is 4.01. The molecule has 1 aliphatic rings. The Balaban J connectivity index is 1.98. The summed E-state index contributed by atoms with van der Waals surface area (Å²) in [5.41, 5.74) is 0. The van der Waals surface area contributed by atoms with E-state index < -0.39 is 5.97 Å². The Bertz CT molecular complexity index is 392. The predicted molar refractivity (Wildman–Crippen MR) is 72.8 cm³/mol. The van der Waals surface area contributed by atoms with E-state index in [9.17, 15) is 4.79 Å². The molecule has 0 saturated carbocycles. The van der Waals surface area contributed by atoms with Crippen LogP contribution < -0.4 is 0 Å². The first-order chi connectivity index (χ1) is 8.15. The zero-order valence-corrected chi connectivity index (χ0v) is 11.5. The van der Waals surface area contributed by atoms with Crippen LogP contribution in [0.3, 0.4) is 0 Å². The Morgan fingerprint density at radius 2 is 2.41 bits per heavy atom. The molecule has 1 aromatic heterocycles. The van der Waals surface area contributed by atoms with E-state index in [4.69, 9.17) is 5.11 Å². The highest BCUT2D eigenvalue weighted by molar-refractivity contribution is 7.99. The Morgan fingerprint density at radius 1 is 1.59 bits per heavy atom. The van der Waals surface area contributed by atoms with Gasteiger partial charge in [0, 0.05) is 40.4 Å². The van der Waals surface area contributed by atoms with Crippen molar-refractivity contribution in [2.45, 2.75) is 25.9 Å². The Hall–Kier alpha value is -0.520. The van der Waals surface area contributed by atoms with Gasteiger partial charge in [0.1, 0.15) is 0 Å². The van der Waals surface area contributed by atoms with E-state index in [0.29, 0.717) is 0 Å². The molecule has 0 aromatic carbocycles. The summed E-state index contributed by atoms with van der Waals surface area (Å²) < 4.78 is 0. The zero-order chi connectivity index (χ0) is 12.3. The minimum absolute atomic E-state index is 0.189. The molecule has 1 unspecified atom stereocenters. The highest BCUT2D eigenvalue weighted by Gasteiger charge is 2.25. The first-order valence-corrected chi connectivity index (χ1v) is 7.71. The topological polar surface area (TPSA) is 40.5 Å². The summed E-state index contributed by atoms with van der Waals surface area (Å²) in [4.78, 5) is 15.8. The molecule has 0 radical (unpaired) electrons. The summed E-state index contributed by atoms with van der Waals surface area (Å²) >= 11 is 3.67. The molecule has 0 bridgehead atoms. The molecule has 0 spiro atoms. The molecule has 0 aliphatic carbocycles. The predicted octanol–water partition coefficient (Wildman–Crippen LogP) is 2.45. The van der Waals surface area contributed by atoms with Crippen molar-refractivity contribution >= 4 is 29.1 Å². The van der Waals surface area contributed by atoms with Gasteiger partial charge in [-0.3, -0.25) is 9.69 Å². The van der Waals surface area contributed by atoms with E-state index in [1.807, 2.05) is 11.8 Å². The van der Waals surface area contributed by atoms with Gasteiger partial charge >= 0.3 is 5.97 Å². The van der Waals surface area contributed by atoms with Crippen LogP contribution >= 0.6 is 23.1 Å². The second-order valence-corrected chi connectivity index (χ2v) is 6.83. The molecule has 1 atom stereocenters. The van der Waals surface area contributed by atoms with Gasteiger partial charge in [-0.05, 0) is 19.1 Å². The van der Waals surface area contributed by atoms with Crippen LogP contribution in [0, 0.1) is 6.92 Å². The maximum absolute atomic E-state index is 10.8. The van der Waals surface area contributed by atoms with Gasteiger partial charge in [-0.1, -0.05) is 0 Å². The molecular weight excluding hydrogens is 254 g/mol. The monoisotopic (exact) mass is 271 g/mol. The molecule has 3 nitrogen and oxygen atoms in total. The SMILES string of the molecule is Cc1ccc(CN2CCSCC2CC(=O)O)s1. The Labute approximate surface area is 110 Å². The van der Waals surface area contributed by atoms with E-state index in [2.05, 4.69) is 24.0 Å². The van der Waals surface area contributed by atoms with Crippen molar-refractivity contribution in [3.8, 4) is 0 Å². The number of rotatable bonds is 4. The number of thiophene rings is 1. The molecule has 1 saturated heterocycles. The molecule has 1 fully saturated rings. The van der Waals surface area contributed by atoms with Crippen molar-refractivity contribution in [3.63, 3.8) is 0 Å². The number of carboxylic acid groups (broad SMARTS) is 1. The third-order valence-electron chi connectivity index (χ3n) is 2.91. The van der Waals surface area contributed by atoms with E-state index in [1.54, 1.807) is 11.3 Å². The third-order valence-corrected chi connectivity index (χ3v) is 4.99. The summed E-state index contributed by atoms with van der Waals surface area (Å²) in [7, 11) is 0. The lowest BCUT2D eigenvalue weighted by Gasteiger charge is -2.34. The number of hydrogen-bond acceptors (Lipinski definition) is 4. The van der Waals surface area contributed by atoms with Crippen LogP contribution in [0.2, 0.25) is 0 Å². The first kappa shape index (κ1) is 12.9. The van der Waals surface area contributed by atoms with Gasteiger partial charge in [0.2, 0.25) is 0 Å². The average molecular weight is 271 g/mol. The summed E-state index contributed by atoms with van der Waals surface area (Å²) in [6.07, 6.45) is 0.261. The van der Waals surface area contributed by atoms with E-state index in [0.717, 1.165) is 24.6 Å². The fraction of sp³-hybridized carbons (Fsp3) is 0.583. The van der Waals surface area contributed by atoms with Gasteiger partial charge in [0.05, 0.1) is 6.42 Å². The number of aryl methyl sites for hydroxylation is 1. The molecule has 0 amide bonds. The largest absolute Gasteiger partial charge is 0.481 e. The number of nitrogens with zero attached hydrogens (tertiary/aromatic N) is 1. The van der Waals surface area contributed by atoms with Crippen molar-refractivity contribution in [2.75, 3.05) is 18.1 Å². The molecule has 1 aliphatic heterocycles. The van der Waals surface area contributed by atoms with Crippen molar-refractivity contribution in [2.24, 2.45) is 0 Å². The van der Waals surface area contributed by atoms with Crippen LogP contribution in [-0.2, 0) is 11.3 Å². The standard InChI is InChI=1S/C12H17NO2S2/c1-9-2-3-11(17-9)7-13-4-5-16-8-10(13)6-12(14)15/h2-3,10H,4-8H2,1H3,(H,14,15). The lowest BCUT2D eigenvalue weighted by Crippen LogP contribution is -2.42. The summed E-state index contributed by atoms with van der Waals surface area (Å²) in [6, 6.07) is 4.47. The number of hydrogen-bond donors (Lipinski definition) is 1. The fourth-order valence-electron chi connectivity index (χ4n) is 2.06. The maximum Gasteiger partial charge on any atom is 0.304 e. The minimum Gasteiger partial charge on any atom is -0.481 e. The molecule has 1 aromatic rings. The average Bonchev–Trinajstić information content (AvgIpc) is 2.66. The van der Waals surface area contributed by atoms with E-state index in [-0.39, 0.29) is 12.5 Å². The lowest BCUT2D eigenvalue weighted by molar-refractivity contribution is -0.138. The Kier molecular flexibility index (Phi) is 4.48. The number of aliphatic carboxylic acids is 1. The lowest BCUT2D eigenvalue weighted by atomic mass is 10.2. The second-order valence-electron chi connectivity index (χ2n) is 4.31. The highest BCUT2D eigenvalue weighted by Crippen LogP contribution is 2.24. The molecule has 2 rings (SSSR count). The van der Waals surface area contributed by atoms with Gasteiger partial charge in [0.15, 0.2) is 0 Å². The first-order valence-electron chi connectivity index (χ1n) is 5.74. The van der Waals surface area contributed by atoms with Crippen LogP contribution in [0.1, 0.15) is 16.2 Å². The van der Waals surface area contributed by atoms with Gasteiger partial charge in [-0.25, -0.2) is 0 Å². The maximum atomic E-state index is 10.8. The molecule has 5 heteroatoms. The van der Waals surface area contributed by atoms with Gasteiger partial charge in [-0.15, -0.1) is 11.3 Å². The van der Waals surface area contributed by atoms with Crippen molar-refractivity contribution in [3.05, 3.63) is 21.9 Å². The molecule has 17 heavy (non-hydrogen) atoms. The van der Waals surface area contributed by atoms with Crippen LogP contribution in [0.25, 0.3) is 0 Å². The normalized spacial score (nSPS) is 21.6. The van der Waals surface area contributed by atoms with Gasteiger partial charge in [0.25, 0.3) is 0 Å². The van der Waals surface area contributed by atoms with Gasteiger partial charge < -0.3 is 5.11 Å². The Morgan fingerprint density at radius 3 is 3.06 bits per heavy atom. The van der Waals surface area contributed by atoms with Crippen LogP contribution in [0.4, 0.5) is 0 Å². The van der Waals surface area contributed by atoms with Crippen molar-refractivity contribution in [1.82, 2.24) is 4.90 Å². The van der Waals surface area contributed by atoms with Crippen molar-refractivity contribution < 1.29 is 9.90 Å². The fourth-order valence-corrected chi connectivity index (χ4v) is 4.10. The van der Waals surface area contributed by atoms with Crippen LogP contribution in [-0.4, -0.2) is 40.1 Å². The quantitative estimate of drug-likeness (QED) is 0.913. The third kappa shape index (κ3) is 3.72. The molecule has 94 valence electrons.